The molecule has 17 heavy (non-hydrogen) atoms. The normalized spacial score (nSPS) is 12.5. The minimum Gasteiger partial charge on any atom is -0.370 e. The first kappa shape index (κ1) is 13.5. The maximum absolute atomic E-state index is 10.7. The van der Waals surface area contributed by atoms with Crippen molar-refractivity contribution in [3.05, 3.63) is 29.8 Å². The summed E-state index contributed by atoms with van der Waals surface area (Å²) in [4.78, 5) is 3.85. The van der Waals surface area contributed by atoms with Gasteiger partial charge in [-0.05, 0) is 19.1 Å². The van der Waals surface area contributed by atoms with Crippen molar-refractivity contribution < 1.29 is 8.42 Å². The quantitative estimate of drug-likeness (QED) is 0.520. The molecule has 0 saturated heterocycles. The Labute approximate surface area is 101 Å². The van der Waals surface area contributed by atoms with Crippen molar-refractivity contribution in [1.29, 1.82) is 0 Å². The Kier molecular flexibility index (Phi) is 4.47. The molecule has 0 aliphatic heterocycles. The van der Waals surface area contributed by atoms with Crippen LogP contribution in [0.15, 0.2) is 29.3 Å². The van der Waals surface area contributed by atoms with Gasteiger partial charge < -0.3 is 11.1 Å². The summed E-state index contributed by atoms with van der Waals surface area (Å²) in [6.45, 7) is 2.02. The Morgan fingerprint density at radius 2 is 1.94 bits per heavy atom. The van der Waals surface area contributed by atoms with E-state index in [9.17, 15) is 8.42 Å². The van der Waals surface area contributed by atoms with Crippen LogP contribution in [0.3, 0.4) is 0 Å². The number of benzene rings is 1. The van der Waals surface area contributed by atoms with Crippen LogP contribution in [0.1, 0.15) is 5.56 Å². The molecule has 0 aromatic heterocycles. The number of hydrogen-bond donors (Lipinski definition) is 3. The number of guanidine groups is 1. The molecule has 6 nitrogen and oxygen atoms in total. The van der Waals surface area contributed by atoms with Gasteiger partial charge in [0.15, 0.2) is 5.96 Å². The van der Waals surface area contributed by atoms with Crippen LogP contribution in [-0.4, -0.2) is 26.7 Å². The van der Waals surface area contributed by atoms with Crippen molar-refractivity contribution in [3.63, 3.8) is 0 Å². The molecule has 0 saturated carbocycles. The highest BCUT2D eigenvalue weighted by Crippen LogP contribution is 2.07. The molecule has 1 rings (SSSR count). The van der Waals surface area contributed by atoms with E-state index in [0.29, 0.717) is 0 Å². The molecule has 0 aliphatic carbocycles. The zero-order chi connectivity index (χ0) is 12.9. The largest absolute Gasteiger partial charge is 0.370 e. The van der Waals surface area contributed by atoms with Crippen molar-refractivity contribution in [2.45, 2.75) is 6.92 Å². The van der Waals surface area contributed by atoms with Gasteiger partial charge in [0.1, 0.15) is 0 Å². The van der Waals surface area contributed by atoms with Gasteiger partial charge in [-0.2, -0.15) is 0 Å². The summed E-state index contributed by atoms with van der Waals surface area (Å²) in [6.07, 6.45) is 0. The second kappa shape index (κ2) is 5.65. The topological polar surface area (TPSA) is 111 Å². The van der Waals surface area contributed by atoms with Crippen molar-refractivity contribution in [2.75, 3.05) is 17.6 Å². The highest BCUT2D eigenvalue weighted by atomic mass is 32.2. The van der Waals surface area contributed by atoms with E-state index in [1.165, 1.54) is 0 Å². The summed E-state index contributed by atoms with van der Waals surface area (Å²) in [5, 5.41) is 7.68. The van der Waals surface area contributed by atoms with E-state index >= 15 is 0 Å². The summed E-state index contributed by atoms with van der Waals surface area (Å²) in [7, 11) is -3.49. The average Bonchev–Trinajstić information content (AvgIpc) is 2.19. The van der Waals surface area contributed by atoms with E-state index in [-0.39, 0.29) is 18.3 Å². The maximum atomic E-state index is 10.7. The molecule has 0 aliphatic rings. The second-order valence-corrected chi connectivity index (χ2v) is 5.36. The Balaban J connectivity index is 2.51. The average molecular weight is 256 g/mol. The van der Waals surface area contributed by atoms with Crippen LogP contribution in [-0.2, 0) is 10.0 Å². The molecular weight excluding hydrogens is 240 g/mol. The summed E-state index contributed by atoms with van der Waals surface area (Å²) in [6, 6.07) is 7.58. The predicted molar refractivity (Wildman–Crippen MR) is 69.3 cm³/mol. The number of nitrogens with zero attached hydrogens (tertiary/aromatic N) is 1. The lowest BCUT2D eigenvalue weighted by molar-refractivity contribution is 0.597. The number of aryl methyl sites for hydroxylation is 1. The third kappa shape index (κ3) is 5.88. The highest BCUT2D eigenvalue weighted by molar-refractivity contribution is 7.89. The fraction of sp³-hybridized carbons (Fsp3) is 0.300. The van der Waals surface area contributed by atoms with Gasteiger partial charge >= 0.3 is 0 Å². The van der Waals surface area contributed by atoms with Crippen molar-refractivity contribution >= 4 is 21.7 Å². The van der Waals surface area contributed by atoms with Gasteiger partial charge in [-0.15, -0.1) is 0 Å². The molecule has 1 aromatic rings. The molecule has 0 unspecified atom stereocenters. The zero-order valence-electron chi connectivity index (χ0n) is 9.55. The number of nitrogens with one attached hydrogen (secondary N) is 1. The minimum atomic E-state index is -3.49. The minimum absolute atomic E-state index is 0.0452. The molecule has 0 spiro atoms. The van der Waals surface area contributed by atoms with Crippen LogP contribution < -0.4 is 16.2 Å². The highest BCUT2D eigenvalue weighted by Gasteiger charge is 2.01. The third-order valence-electron chi connectivity index (χ3n) is 1.98. The van der Waals surface area contributed by atoms with Crippen LogP contribution in [0.5, 0.6) is 0 Å². The summed E-state index contributed by atoms with van der Waals surface area (Å²) in [5.74, 6) is -0.0546. The van der Waals surface area contributed by atoms with Crippen LogP contribution in [0, 0.1) is 6.92 Å². The molecule has 0 fully saturated rings. The SMILES string of the molecule is Cc1ccc(NC(N)=NCCS(N)(=O)=O)cc1. The van der Waals surface area contributed by atoms with Crippen molar-refractivity contribution in [1.82, 2.24) is 0 Å². The van der Waals surface area contributed by atoms with Gasteiger partial charge in [-0.1, -0.05) is 17.7 Å². The smallest absolute Gasteiger partial charge is 0.210 e. The third-order valence-corrected chi connectivity index (χ3v) is 2.73. The Hall–Kier alpha value is -1.60. The van der Waals surface area contributed by atoms with E-state index in [1.54, 1.807) is 0 Å². The van der Waals surface area contributed by atoms with E-state index in [0.717, 1.165) is 11.3 Å². The van der Waals surface area contributed by atoms with Gasteiger partial charge in [-0.25, -0.2) is 13.6 Å². The van der Waals surface area contributed by atoms with Crippen molar-refractivity contribution in [3.8, 4) is 0 Å². The van der Waals surface area contributed by atoms with Crippen molar-refractivity contribution in [2.24, 2.45) is 15.9 Å². The van der Waals surface area contributed by atoms with Gasteiger partial charge in [0.25, 0.3) is 0 Å². The first-order chi connectivity index (χ1) is 7.87. The van der Waals surface area contributed by atoms with Gasteiger partial charge in [-0.3, -0.25) is 4.99 Å². The fourth-order valence-electron chi connectivity index (χ4n) is 1.12. The summed E-state index contributed by atoms with van der Waals surface area (Å²) < 4.78 is 21.3. The predicted octanol–water partition coefficient (Wildman–Crippen LogP) is 0.0101. The second-order valence-electron chi connectivity index (χ2n) is 3.62. The number of anilines is 1. The summed E-state index contributed by atoms with van der Waals surface area (Å²) >= 11 is 0. The fourth-order valence-corrected chi connectivity index (χ4v) is 1.46. The molecule has 1 aromatic carbocycles. The van der Waals surface area contributed by atoms with Gasteiger partial charge in [0.2, 0.25) is 10.0 Å². The lowest BCUT2D eigenvalue weighted by Crippen LogP contribution is -2.25. The maximum Gasteiger partial charge on any atom is 0.210 e. The van der Waals surface area contributed by atoms with Gasteiger partial charge in [0, 0.05) is 5.69 Å². The van der Waals surface area contributed by atoms with Gasteiger partial charge in [0.05, 0.1) is 12.3 Å². The molecule has 0 amide bonds. The number of hydrogen-bond acceptors (Lipinski definition) is 3. The Morgan fingerprint density at radius 1 is 1.35 bits per heavy atom. The molecule has 5 N–H and O–H groups in total. The first-order valence-electron chi connectivity index (χ1n) is 5.01. The lowest BCUT2D eigenvalue weighted by Gasteiger charge is -2.05. The number of rotatable bonds is 4. The number of sulfonamides is 1. The van der Waals surface area contributed by atoms with Crippen LogP contribution >= 0.6 is 0 Å². The van der Waals surface area contributed by atoms with Crippen LogP contribution in [0.4, 0.5) is 5.69 Å². The Morgan fingerprint density at radius 3 is 2.47 bits per heavy atom. The monoisotopic (exact) mass is 256 g/mol. The number of primary sulfonamides is 1. The molecule has 0 atom stereocenters. The lowest BCUT2D eigenvalue weighted by atomic mass is 10.2. The standard InChI is InChI=1S/C10H16N4O2S/c1-8-2-4-9(5-3-8)14-10(11)13-6-7-17(12,15)16/h2-5H,6-7H2,1H3,(H3,11,13,14)(H2,12,15,16). The van der Waals surface area contributed by atoms with E-state index in [1.807, 2.05) is 31.2 Å². The zero-order valence-corrected chi connectivity index (χ0v) is 10.4. The van der Waals surface area contributed by atoms with E-state index in [2.05, 4.69) is 10.3 Å². The molecule has 0 heterocycles. The van der Waals surface area contributed by atoms with E-state index in [4.69, 9.17) is 10.9 Å². The van der Waals surface area contributed by atoms with E-state index < -0.39 is 10.0 Å². The number of aliphatic imine (C=N–C) groups is 1. The van der Waals surface area contributed by atoms with Crippen LogP contribution in [0.25, 0.3) is 0 Å². The summed E-state index contributed by atoms with van der Waals surface area (Å²) in [5.41, 5.74) is 7.51. The number of nitrogens with two attached hydrogens (primary N) is 2. The van der Waals surface area contributed by atoms with Crippen LogP contribution in [0.2, 0.25) is 0 Å². The molecule has 94 valence electrons. The molecule has 0 radical (unpaired) electrons. The Bertz CT molecular complexity index is 494. The molecule has 7 heteroatoms. The molecular formula is C10H16N4O2S. The first-order valence-corrected chi connectivity index (χ1v) is 6.72. The molecule has 0 bridgehead atoms.